The van der Waals surface area contributed by atoms with E-state index in [4.69, 9.17) is 10.3 Å². The zero-order valence-corrected chi connectivity index (χ0v) is 7.88. The summed E-state index contributed by atoms with van der Waals surface area (Å²) in [5, 5.41) is 2.81. The first kappa shape index (κ1) is 10.2. The van der Waals surface area contributed by atoms with Gasteiger partial charge in [-0.05, 0) is 17.7 Å². The molecule has 0 aliphatic rings. The highest BCUT2D eigenvalue weighted by atomic mass is 32.2. The average molecular weight is 200 g/mol. The summed E-state index contributed by atoms with van der Waals surface area (Å²) in [7, 11) is 0. The molecule has 13 heavy (non-hydrogen) atoms. The SMILES string of the molecule is NCc1cccc(NCS(=O)O)c1. The fraction of sp³-hybridized carbons (Fsp3) is 0.250. The largest absolute Gasteiger partial charge is 0.372 e. The first-order chi connectivity index (χ1) is 6.22. The molecule has 0 bridgehead atoms. The van der Waals surface area contributed by atoms with Crippen LogP contribution in [0.25, 0.3) is 0 Å². The lowest BCUT2D eigenvalue weighted by molar-refractivity contribution is 0.566. The highest BCUT2D eigenvalue weighted by molar-refractivity contribution is 7.79. The summed E-state index contributed by atoms with van der Waals surface area (Å²) in [5.41, 5.74) is 7.24. The molecule has 4 N–H and O–H groups in total. The summed E-state index contributed by atoms with van der Waals surface area (Å²) in [5.74, 6) is 0.0357. The quantitative estimate of drug-likeness (QED) is 0.626. The van der Waals surface area contributed by atoms with Gasteiger partial charge in [0.15, 0.2) is 11.1 Å². The van der Waals surface area contributed by atoms with E-state index in [0.717, 1.165) is 11.3 Å². The van der Waals surface area contributed by atoms with E-state index in [1.54, 1.807) is 0 Å². The van der Waals surface area contributed by atoms with Crippen molar-refractivity contribution in [3.63, 3.8) is 0 Å². The van der Waals surface area contributed by atoms with E-state index in [9.17, 15) is 4.21 Å². The van der Waals surface area contributed by atoms with Crippen LogP contribution in [-0.4, -0.2) is 14.6 Å². The molecule has 0 aliphatic carbocycles. The third kappa shape index (κ3) is 3.54. The summed E-state index contributed by atoms with van der Waals surface area (Å²) >= 11 is -1.82. The number of nitrogens with one attached hydrogen (secondary N) is 1. The molecule has 1 unspecified atom stereocenters. The second-order valence-corrected chi connectivity index (χ2v) is 3.48. The van der Waals surface area contributed by atoms with Crippen molar-refractivity contribution in [3.05, 3.63) is 29.8 Å². The van der Waals surface area contributed by atoms with Gasteiger partial charge in [0.1, 0.15) is 5.88 Å². The molecule has 0 spiro atoms. The van der Waals surface area contributed by atoms with E-state index in [0.29, 0.717) is 6.54 Å². The van der Waals surface area contributed by atoms with Crippen molar-refractivity contribution in [1.82, 2.24) is 0 Å². The third-order valence-electron chi connectivity index (χ3n) is 1.56. The Kier molecular flexibility index (Phi) is 3.88. The van der Waals surface area contributed by atoms with E-state index >= 15 is 0 Å². The third-order valence-corrected chi connectivity index (χ3v) is 1.95. The molecule has 5 heteroatoms. The zero-order chi connectivity index (χ0) is 9.68. The molecule has 0 aliphatic heterocycles. The van der Waals surface area contributed by atoms with Crippen molar-refractivity contribution in [2.45, 2.75) is 6.54 Å². The first-order valence-electron chi connectivity index (χ1n) is 3.82. The van der Waals surface area contributed by atoms with Gasteiger partial charge in [-0.25, -0.2) is 4.21 Å². The van der Waals surface area contributed by atoms with E-state index in [2.05, 4.69) is 5.32 Å². The molecule has 72 valence electrons. The fourth-order valence-corrected chi connectivity index (χ4v) is 1.24. The Bertz CT molecular complexity index is 304. The molecule has 0 amide bonds. The summed E-state index contributed by atoms with van der Waals surface area (Å²) < 4.78 is 18.9. The lowest BCUT2D eigenvalue weighted by atomic mass is 10.2. The molecular formula is C8H12N2O2S. The monoisotopic (exact) mass is 200 g/mol. The van der Waals surface area contributed by atoms with E-state index in [1.807, 2.05) is 24.3 Å². The van der Waals surface area contributed by atoms with Crippen molar-refractivity contribution in [2.75, 3.05) is 11.2 Å². The van der Waals surface area contributed by atoms with Crippen molar-refractivity contribution >= 4 is 16.8 Å². The Balaban J connectivity index is 2.61. The Hall–Kier alpha value is -0.910. The van der Waals surface area contributed by atoms with Crippen LogP contribution >= 0.6 is 0 Å². The minimum absolute atomic E-state index is 0.0357. The van der Waals surface area contributed by atoms with E-state index in [1.165, 1.54) is 0 Å². The molecule has 0 heterocycles. The molecular weight excluding hydrogens is 188 g/mol. The molecule has 0 radical (unpaired) electrons. The lowest BCUT2D eigenvalue weighted by Gasteiger charge is -2.04. The Morgan fingerprint density at radius 3 is 2.92 bits per heavy atom. The van der Waals surface area contributed by atoms with Gasteiger partial charge in [0.2, 0.25) is 0 Å². The van der Waals surface area contributed by atoms with Gasteiger partial charge in [-0.3, -0.25) is 0 Å². The topological polar surface area (TPSA) is 75.3 Å². The van der Waals surface area contributed by atoms with Crippen LogP contribution in [0.2, 0.25) is 0 Å². The summed E-state index contributed by atoms with van der Waals surface area (Å²) in [6.07, 6.45) is 0. The predicted molar refractivity (Wildman–Crippen MR) is 53.6 cm³/mol. The summed E-state index contributed by atoms with van der Waals surface area (Å²) in [6.45, 7) is 0.470. The fourth-order valence-electron chi connectivity index (χ4n) is 0.953. The van der Waals surface area contributed by atoms with Crippen molar-refractivity contribution in [3.8, 4) is 0 Å². The Morgan fingerprint density at radius 1 is 1.54 bits per heavy atom. The number of benzene rings is 1. The molecule has 0 fully saturated rings. The molecule has 0 aromatic heterocycles. The standard InChI is InChI=1S/C8H12N2O2S/c9-5-7-2-1-3-8(4-7)10-6-13(11)12/h1-4,10H,5-6,9H2,(H,11,12). The van der Waals surface area contributed by atoms with Crippen LogP contribution in [0.1, 0.15) is 5.56 Å². The highest BCUT2D eigenvalue weighted by Crippen LogP contribution is 2.09. The number of anilines is 1. The number of nitrogens with two attached hydrogens (primary N) is 1. The van der Waals surface area contributed by atoms with Crippen LogP contribution in [0.5, 0.6) is 0 Å². The average Bonchev–Trinajstić information content (AvgIpc) is 2.15. The molecule has 4 nitrogen and oxygen atoms in total. The Morgan fingerprint density at radius 2 is 2.31 bits per heavy atom. The maximum atomic E-state index is 10.4. The van der Waals surface area contributed by atoms with Gasteiger partial charge < -0.3 is 15.6 Å². The van der Waals surface area contributed by atoms with Crippen LogP contribution < -0.4 is 11.1 Å². The second-order valence-electron chi connectivity index (χ2n) is 2.55. The minimum atomic E-state index is -1.82. The van der Waals surface area contributed by atoms with E-state index < -0.39 is 11.1 Å². The maximum Gasteiger partial charge on any atom is 0.172 e. The van der Waals surface area contributed by atoms with Crippen LogP contribution in [0.4, 0.5) is 5.69 Å². The zero-order valence-electron chi connectivity index (χ0n) is 7.06. The van der Waals surface area contributed by atoms with Gasteiger partial charge in [-0.1, -0.05) is 12.1 Å². The lowest BCUT2D eigenvalue weighted by Crippen LogP contribution is -2.07. The van der Waals surface area contributed by atoms with Gasteiger partial charge in [-0.2, -0.15) is 0 Å². The van der Waals surface area contributed by atoms with Crippen LogP contribution in [0.3, 0.4) is 0 Å². The van der Waals surface area contributed by atoms with Crippen LogP contribution in [-0.2, 0) is 17.6 Å². The number of hydrogen-bond acceptors (Lipinski definition) is 3. The first-order valence-corrected chi connectivity index (χ1v) is 5.10. The molecule has 1 atom stereocenters. The van der Waals surface area contributed by atoms with Gasteiger partial charge >= 0.3 is 0 Å². The number of rotatable bonds is 4. The van der Waals surface area contributed by atoms with Gasteiger partial charge in [0.25, 0.3) is 0 Å². The normalized spacial score (nSPS) is 12.5. The Labute approximate surface area is 79.4 Å². The van der Waals surface area contributed by atoms with Crippen molar-refractivity contribution < 1.29 is 8.76 Å². The minimum Gasteiger partial charge on any atom is -0.372 e. The number of hydrogen-bond donors (Lipinski definition) is 3. The molecule has 1 aromatic carbocycles. The van der Waals surface area contributed by atoms with Gasteiger partial charge in [0.05, 0.1) is 0 Å². The maximum absolute atomic E-state index is 10.4. The molecule has 0 saturated carbocycles. The van der Waals surface area contributed by atoms with E-state index in [-0.39, 0.29) is 5.88 Å². The molecule has 0 saturated heterocycles. The van der Waals surface area contributed by atoms with Crippen molar-refractivity contribution in [1.29, 1.82) is 0 Å². The van der Waals surface area contributed by atoms with Gasteiger partial charge in [-0.15, -0.1) is 0 Å². The predicted octanol–water partition coefficient (Wildman–Crippen LogP) is 0.736. The van der Waals surface area contributed by atoms with Crippen molar-refractivity contribution in [2.24, 2.45) is 5.73 Å². The molecule has 1 aromatic rings. The highest BCUT2D eigenvalue weighted by Gasteiger charge is 1.95. The van der Waals surface area contributed by atoms with Crippen LogP contribution in [0, 0.1) is 0 Å². The second kappa shape index (κ2) is 4.96. The smallest absolute Gasteiger partial charge is 0.172 e. The van der Waals surface area contributed by atoms with Gasteiger partial charge in [0, 0.05) is 12.2 Å². The summed E-state index contributed by atoms with van der Waals surface area (Å²) in [4.78, 5) is 0. The summed E-state index contributed by atoms with van der Waals surface area (Å²) in [6, 6.07) is 7.44. The molecule has 1 rings (SSSR count). The van der Waals surface area contributed by atoms with Crippen LogP contribution in [0.15, 0.2) is 24.3 Å².